The third-order valence-electron chi connectivity index (χ3n) is 8.46. The van der Waals surface area contributed by atoms with Gasteiger partial charge in [-0.2, -0.15) is 0 Å². The molecule has 0 atom stereocenters. The van der Waals surface area contributed by atoms with Crippen molar-refractivity contribution in [3.8, 4) is 5.75 Å². The highest BCUT2D eigenvalue weighted by Gasteiger charge is 2.61. The van der Waals surface area contributed by atoms with E-state index in [4.69, 9.17) is 4.74 Å². The Morgan fingerprint density at radius 3 is 1.15 bits per heavy atom. The van der Waals surface area contributed by atoms with Crippen LogP contribution in [-0.2, 0) is 11.1 Å². The van der Waals surface area contributed by atoms with Gasteiger partial charge in [-0.1, -0.05) is 152 Å². The van der Waals surface area contributed by atoms with E-state index in [0.717, 1.165) is 11.4 Å². The highest BCUT2D eigenvalue weighted by Crippen LogP contribution is 2.62. The Labute approximate surface area is 242 Å². The number of methoxy groups -OCH3 is 1. The van der Waals surface area contributed by atoms with Crippen molar-refractivity contribution >= 4 is 5.69 Å². The molecule has 6 aromatic carbocycles. The molecule has 2 nitrogen and oxygen atoms in total. The average molecular weight is 530 g/mol. The van der Waals surface area contributed by atoms with E-state index in [1.165, 1.54) is 33.4 Å². The van der Waals surface area contributed by atoms with Gasteiger partial charge in [-0.25, -0.2) is 0 Å². The monoisotopic (exact) mass is 529 g/mol. The minimum atomic E-state index is -0.656. The van der Waals surface area contributed by atoms with Crippen LogP contribution in [0.2, 0.25) is 0 Å². The van der Waals surface area contributed by atoms with E-state index >= 15 is 0 Å². The number of nitrogens with zero attached hydrogens (tertiary/aromatic N) is 1. The topological polar surface area (TPSA) is 12.5 Å². The Balaban J connectivity index is 1.74. The van der Waals surface area contributed by atoms with Gasteiger partial charge in [0.2, 0.25) is 0 Å². The van der Waals surface area contributed by atoms with Crippen molar-refractivity contribution in [1.29, 1.82) is 0 Å². The molecular formula is C39H31NO. The summed E-state index contributed by atoms with van der Waals surface area (Å²) in [7, 11) is 1.74. The zero-order valence-corrected chi connectivity index (χ0v) is 23.0. The van der Waals surface area contributed by atoms with Crippen LogP contribution in [0.1, 0.15) is 33.4 Å². The molecule has 0 aliphatic carbocycles. The van der Waals surface area contributed by atoms with Crippen LogP contribution in [0.5, 0.6) is 5.75 Å². The molecule has 0 aromatic heterocycles. The van der Waals surface area contributed by atoms with Gasteiger partial charge in [0.15, 0.2) is 0 Å². The molecule has 0 saturated heterocycles. The molecule has 198 valence electrons. The van der Waals surface area contributed by atoms with Gasteiger partial charge in [0, 0.05) is 11.8 Å². The van der Waals surface area contributed by atoms with Gasteiger partial charge in [-0.05, 0) is 45.5 Å². The Kier molecular flexibility index (Phi) is 6.17. The second kappa shape index (κ2) is 10.1. The van der Waals surface area contributed by atoms with Crippen molar-refractivity contribution in [2.24, 2.45) is 0 Å². The molecule has 0 N–H and O–H groups in total. The van der Waals surface area contributed by atoms with Gasteiger partial charge < -0.3 is 9.64 Å². The van der Waals surface area contributed by atoms with E-state index in [0.29, 0.717) is 0 Å². The number of hydrogen-bond acceptors (Lipinski definition) is 2. The summed E-state index contributed by atoms with van der Waals surface area (Å²) in [6, 6.07) is 61.2. The van der Waals surface area contributed by atoms with Gasteiger partial charge in [0.25, 0.3) is 0 Å². The fourth-order valence-electron chi connectivity index (χ4n) is 6.93. The lowest BCUT2D eigenvalue weighted by atomic mass is 9.76. The highest BCUT2D eigenvalue weighted by atomic mass is 16.5. The standard InChI is InChI=1S/C39H31NO/c1-41-35-26-16-25-34(29-35)40-38(30-17-6-2-7-18-30,31-19-8-3-9-20-31)36-27-14-15-28-37(36)39(40,32-21-10-4-11-22-32)33-23-12-5-13-24-33/h2-29H,1H3. The molecule has 1 heterocycles. The summed E-state index contributed by atoms with van der Waals surface area (Å²) in [6.07, 6.45) is 0. The maximum absolute atomic E-state index is 5.82. The Morgan fingerprint density at radius 2 is 0.780 bits per heavy atom. The molecule has 0 unspecified atom stereocenters. The van der Waals surface area contributed by atoms with Crippen LogP contribution in [0.15, 0.2) is 170 Å². The van der Waals surface area contributed by atoms with E-state index in [1.807, 2.05) is 6.07 Å². The summed E-state index contributed by atoms with van der Waals surface area (Å²) in [5, 5.41) is 0. The summed E-state index contributed by atoms with van der Waals surface area (Å²) in [6.45, 7) is 0. The molecule has 0 radical (unpaired) electrons. The molecule has 7 rings (SSSR count). The van der Waals surface area contributed by atoms with E-state index < -0.39 is 11.1 Å². The number of anilines is 1. The van der Waals surface area contributed by atoms with Crippen LogP contribution in [0.3, 0.4) is 0 Å². The summed E-state index contributed by atoms with van der Waals surface area (Å²) in [5.74, 6) is 0.823. The third kappa shape index (κ3) is 3.64. The first kappa shape index (κ1) is 24.9. The molecule has 0 saturated carbocycles. The fourth-order valence-corrected chi connectivity index (χ4v) is 6.93. The quantitative estimate of drug-likeness (QED) is 0.214. The summed E-state index contributed by atoms with van der Waals surface area (Å²) >= 11 is 0. The first-order chi connectivity index (χ1) is 20.3. The Morgan fingerprint density at radius 1 is 0.415 bits per heavy atom. The van der Waals surface area contributed by atoms with Crippen molar-refractivity contribution in [1.82, 2.24) is 0 Å². The molecule has 0 amide bonds. The van der Waals surface area contributed by atoms with Crippen molar-refractivity contribution in [3.05, 3.63) is 203 Å². The molecule has 6 aromatic rings. The lowest BCUT2D eigenvalue weighted by Crippen LogP contribution is -2.54. The maximum atomic E-state index is 5.82. The number of rotatable bonds is 6. The first-order valence-electron chi connectivity index (χ1n) is 14.1. The maximum Gasteiger partial charge on any atom is 0.120 e. The van der Waals surface area contributed by atoms with Crippen molar-refractivity contribution < 1.29 is 4.74 Å². The zero-order chi connectivity index (χ0) is 27.7. The highest BCUT2D eigenvalue weighted by molar-refractivity contribution is 5.78. The normalized spacial score (nSPS) is 14.8. The largest absolute Gasteiger partial charge is 0.497 e. The van der Waals surface area contributed by atoms with Crippen molar-refractivity contribution in [2.75, 3.05) is 12.0 Å². The predicted molar refractivity (Wildman–Crippen MR) is 167 cm³/mol. The van der Waals surface area contributed by atoms with Gasteiger partial charge in [-0.15, -0.1) is 0 Å². The molecule has 41 heavy (non-hydrogen) atoms. The van der Waals surface area contributed by atoms with Crippen LogP contribution in [0, 0.1) is 0 Å². The van der Waals surface area contributed by atoms with E-state index in [9.17, 15) is 0 Å². The number of ether oxygens (including phenoxy) is 1. The smallest absolute Gasteiger partial charge is 0.120 e. The molecule has 1 aliphatic heterocycles. The van der Waals surface area contributed by atoms with E-state index in [1.54, 1.807) is 7.11 Å². The van der Waals surface area contributed by atoms with E-state index in [2.05, 4.69) is 169 Å². The molecule has 1 aliphatic rings. The first-order valence-corrected chi connectivity index (χ1v) is 14.1. The van der Waals surface area contributed by atoms with Crippen LogP contribution < -0.4 is 9.64 Å². The van der Waals surface area contributed by atoms with Crippen LogP contribution in [0.4, 0.5) is 5.69 Å². The van der Waals surface area contributed by atoms with Crippen molar-refractivity contribution in [3.63, 3.8) is 0 Å². The molecule has 0 spiro atoms. The van der Waals surface area contributed by atoms with Gasteiger partial charge in [0.05, 0.1) is 7.11 Å². The molecular weight excluding hydrogens is 498 g/mol. The lowest BCUT2D eigenvalue weighted by molar-refractivity contribution is 0.413. The second-order valence-electron chi connectivity index (χ2n) is 10.5. The molecule has 2 heteroatoms. The minimum Gasteiger partial charge on any atom is -0.497 e. The van der Waals surface area contributed by atoms with Gasteiger partial charge in [0.1, 0.15) is 16.8 Å². The predicted octanol–water partition coefficient (Wildman–Crippen LogP) is 8.80. The summed E-state index contributed by atoms with van der Waals surface area (Å²) < 4.78 is 5.82. The second-order valence-corrected chi connectivity index (χ2v) is 10.5. The van der Waals surface area contributed by atoms with Crippen LogP contribution in [-0.4, -0.2) is 7.11 Å². The summed E-state index contributed by atoms with van der Waals surface area (Å²) in [5.41, 5.74) is 7.09. The fraction of sp³-hybridized carbons (Fsp3) is 0.0769. The van der Waals surface area contributed by atoms with Crippen LogP contribution in [0.25, 0.3) is 0 Å². The Bertz CT molecular complexity index is 1580. The van der Waals surface area contributed by atoms with Crippen LogP contribution >= 0.6 is 0 Å². The van der Waals surface area contributed by atoms with Gasteiger partial charge in [-0.3, -0.25) is 0 Å². The summed E-state index contributed by atoms with van der Waals surface area (Å²) in [4.78, 5) is 2.64. The van der Waals surface area contributed by atoms with Crippen molar-refractivity contribution in [2.45, 2.75) is 11.1 Å². The zero-order valence-electron chi connectivity index (χ0n) is 23.0. The van der Waals surface area contributed by atoms with Gasteiger partial charge >= 0.3 is 0 Å². The number of benzene rings is 6. The Hall–Kier alpha value is -5.08. The molecule has 0 bridgehead atoms. The third-order valence-corrected chi connectivity index (χ3v) is 8.46. The average Bonchev–Trinajstić information content (AvgIpc) is 3.35. The lowest BCUT2D eigenvalue weighted by Gasteiger charge is -2.50. The number of fused-ring (bicyclic) bond motifs is 1. The van der Waals surface area contributed by atoms with E-state index in [-0.39, 0.29) is 0 Å². The SMILES string of the molecule is COc1cccc(N2C(c3ccccc3)(c3ccccc3)c3ccccc3C2(c2ccccc2)c2ccccc2)c1. The number of hydrogen-bond donors (Lipinski definition) is 0. The minimum absolute atomic E-state index is 0.656. The molecule has 0 fully saturated rings.